The van der Waals surface area contributed by atoms with Crippen molar-refractivity contribution in [3.8, 4) is 5.75 Å². The summed E-state index contributed by atoms with van der Waals surface area (Å²) in [4.78, 5) is 11.1. The first kappa shape index (κ1) is 17.8. The summed E-state index contributed by atoms with van der Waals surface area (Å²) >= 11 is 15.3. The van der Waals surface area contributed by atoms with Gasteiger partial charge in [0.05, 0.1) is 14.5 Å². The number of hydrazine groups is 1. The molecule has 120 valence electrons. The molecule has 0 radical (unpaired) electrons. The van der Waals surface area contributed by atoms with Gasteiger partial charge in [0.25, 0.3) is 5.91 Å². The molecule has 0 aliphatic rings. The van der Waals surface area contributed by atoms with E-state index in [9.17, 15) is 4.79 Å². The number of nitrogens with two attached hydrogens (primary N) is 1. The summed E-state index contributed by atoms with van der Waals surface area (Å²) in [5.41, 5.74) is 3.77. The molecular weight excluding hydrogens is 403 g/mol. The van der Waals surface area contributed by atoms with Gasteiger partial charge >= 0.3 is 0 Å². The second kappa shape index (κ2) is 8.36. The summed E-state index contributed by atoms with van der Waals surface area (Å²) in [5, 5.41) is 1.000. The first-order valence-electron chi connectivity index (χ1n) is 6.54. The van der Waals surface area contributed by atoms with E-state index in [-0.39, 0.29) is 5.91 Å². The maximum atomic E-state index is 11.1. The molecular formula is C16H13BrCl2N2O2. The Morgan fingerprint density at radius 2 is 2.00 bits per heavy atom. The Bertz CT molecular complexity index is 751. The van der Waals surface area contributed by atoms with Crippen LogP contribution < -0.4 is 16.0 Å². The quantitative estimate of drug-likeness (QED) is 0.330. The van der Waals surface area contributed by atoms with E-state index in [1.165, 1.54) is 6.08 Å². The van der Waals surface area contributed by atoms with E-state index in [2.05, 4.69) is 15.9 Å². The third kappa shape index (κ3) is 5.25. The second-order valence-corrected chi connectivity index (χ2v) is 6.24. The first-order valence-corrected chi connectivity index (χ1v) is 8.09. The lowest BCUT2D eigenvalue weighted by molar-refractivity contribution is -0.116. The highest BCUT2D eigenvalue weighted by atomic mass is 79.9. The van der Waals surface area contributed by atoms with Crippen LogP contribution in [0.5, 0.6) is 5.75 Å². The van der Waals surface area contributed by atoms with Crippen molar-refractivity contribution >= 4 is 51.1 Å². The van der Waals surface area contributed by atoms with Gasteiger partial charge < -0.3 is 4.74 Å². The number of rotatable bonds is 5. The van der Waals surface area contributed by atoms with E-state index in [0.717, 1.165) is 15.6 Å². The van der Waals surface area contributed by atoms with Gasteiger partial charge in [0.15, 0.2) is 0 Å². The third-order valence-corrected chi connectivity index (χ3v) is 4.26. The van der Waals surface area contributed by atoms with Crippen molar-refractivity contribution in [2.75, 3.05) is 0 Å². The van der Waals surface area contributed by atoms with Gasteiger partial charge in [0.2, 0.25) is 0 Å². The maximum Gasteiger partial charge on any atom is 0.257 e. The lowest BCUT2D eigenvalue weighted by atomic mass is 10.2. The van der Waals surface area contributed by atoms with Crippen LogP contribution in [0.1, 0.15) is 11.1 Å². The molecule has 0 atom stereocenters. The molecule has 2 aromatic carbocycles. The molecule has 3 N–H and O–H groups in total. The molecule has 0 aliphatic carbocycles. The number of hydrogen-bond acceptors (Lipinski definition) is 3. The summed E-state index contributed by atoms with van der Waals surface area (Å²) in [6.07, 6.45) is 2.99. The molecule has 2 aromatic rings. The molecule has 0 aliphatic heterocycles. The van der Waals surface area contributed by atoms with Crippen LogP contribution in [0.2, 0.25) is 10.0 Å². The molecule has 7 heteroatoms. The zero-order valence-electron chi connectivity index (χ0n) is 11.9. The fraction of sp³-hybridized carbons (Fsp3) is 0.0625. The Kier molecular flexibility index (Phi) is 6.47. The molecule has 0 saturated carbocycles. The highest BCUT2D eigenvalue weighted by molar-refractivity contribution is 9.10. The minimum atomic E-state index is -0.374. The van der Waals surface area contributed by atoms with Gasteiger partial charge in [0.1, 0.15) is 12.4 Å². The van der Waals surface area contributed by atoms with Gasteiger partial charge in [-0.05, 0) is 57.4 Å². The lowest BCUT2D eigenvalue weighted by Crippen LogP contribution is -2.27. The highest BCUT2D eigenvalue weighted by Gasteiger charge is 2.04. The fourth-order valence-corrected chi connectivity index (χ4v) is 2.58. The van der Waals surface area contributed by atoms with Crippen LogP contribution in [0.4, 0.5) is 0 Å². The molecule has 2 rings (SSSR count). The lowest BCUT2D eigenvalue weighted by Gasteiger charge is -2.09. The first-order chi connectivity index (χ1) is 11.0. The number of hydrogen-bond donors (Lipinski definition) is 2. The number of amides is 1. The average Bonchev–Trinajstić information content (AvgIpc) is 2.54. The van der Waals surface area contributed by atoms with Gasteiger partial charge in [0, 0.05) is 6.08 Å². The molecule has 4 nitrogen and oxygen atoms in total. The van der Waals surface area contributed by atoms with E-state index in [1.807, 2.05) is 29.7 Å². The Morgan fingerprint density at radius 3 is 2.65 bits per heavy atom. The van der Waals surface area contributed by atoms with Gasteiger partial charge in [-0.1, -0.05) is 35.3 Å². The molecule has 23 heavy (non-hydrogen) atoms. The van der Waals surface area contributed by atoms with Crippen LogP contribution in [0, 0.1) is 0 Å². The Hall–Kier alpha value is -1.53. The van der Waals surface area contributed by atoms with E-state index >= 15 is 0 Å². The summed E-state index contributed by atoms with van der Waals surface area (Å²) in [6.45, 7) is 0.361. The van der Waals surface area contributed by atoms with Crippen LogP contribution in [-0.4, -0.2) is 5.91 Å². The van der Waals surface area contributed by atoms with Crippen molar-refractivity contribution in [1.82, 2.24) is 5.43 Å². The van der Waals surface area contributed by atoms with Gasteiger partial charge in [-0.25, -0.2) is 5.84 Å². The number of carbonyl (C=O) groups is 1. The summed E-state index contributed by atoms with van der Waals surface area (Å²) < 4.78 is 6.52. The fourth-order valence-electron chi connectivity index (χ4n) is 1.75. The van der Waals surface area contributed by atoms with Gasteiger partial charge in [-0.2, -0.15) is 0 Å². The number of nitrogens with one attached hydrogen (secondary N) is 1. The largest absolute Gasteiger partial charge is 0.488 e. The van der Waals surface area contributed by atoms with E-state index in [0.29, 0.717) is 22.4 Å². The topological polar surface area (TPSA) is 64.3 Å². The Labute approximate surface area is 152 Å². The van der Waals surface area contributed by atoms with Crippen molar-refractivity contribution in [3.63, 3.8) is 0 Å². The average molecular weight is 416 g/mol. The third-order valence-electron chi connectivity index (χ3n) is 2.90. The molecule has 0 unspecified atom stereocenters. The second-order valence-electron chi connectivity index (χ2n) is 4.57. The predicted octanol–water partition coefficient (Wildman–Crippen LogP) is 4.34. The SMILES string of the molecule is NNC(=O)/C=C/c1ccc(OCc2ccc(Cl)c(Cl)c2)c(Br)c1. The normalized spacial score (nSPS) is 10.8. The summed E-state index contributed by atoms with van der Waals surface area (Å²) in [7, 11) is 0. The number of carbonyl (C=O) groups excluding carboxylic acids is 1. The number of halogens is 3. The van der Waals surface area contributed by atoms with E-state index in [1.54, 1.807) is 18.2 Å². The molecule has 0 bridgehead atoms. The minimum Gasteiger partial charge on any atom is -0.488 e. The van der Waals surface area contributed by atoms with Crippen molar-refractivity contribution in [1.29, 1.82) is 0 Å². The van der Waals surface area contributed by atoms with Crippen molar-refractivity contribution in [3.05, 3.63) is 68.1 Å². The molecule has 0 heterocycles. The van der Waals surface area contributed by atoms with Crippen LogP contribution in [0.15, 0.2) is 46.9 Å². The van der Waals surface area contributed by atoms with Crippen LogP contribution in [0.25, 0.3) is 6.08 Å². The van der Waals surface area contributed by atoms with Gasteiger partial charge in [-0.3, -0.25) is 10.2 Å². The summed E-state index contributed by atoms with van der Waals surface area (Å²) in [6, 6.07) is 10.8. The minimum absolute atomic E-state index is 0.361. The Balaban J connectivity index is 2.04. The monoisotopic (exact) mass is 414 g/mol. The molecule has 0 spiro atoms. The molecule has 0 aromatic heterocycles. The number of benzene rings is 2. The van der Waals surface area contributed by atoms with Gasteiger partial charge in [-0.15, -0.1) is 0 Å². The standard InChI is InChI=1S/C16H13BrCl2N2O2/c17-12-7-10(3-6-16(22)21-20)2-5-15(12)23-9-11-1-4-13(18)14(19)8-11/h1-8H,9,20H2,(H,21,22)/b6-3+. The summed E-state index contributed by atoms with van der Waals surface area (Å²) in [5.74, 6) is 5.31. The molecule has 0 saturated heterocycles. The van der Waals surface area contributed by atoms with E-state index in [4.69, 9.17) is 33.8 Å². The smallest absolute Gasteiger partial charge is 0.257 e. The van der Waals surface area contributed by atoms with Crippen molar-refractivity contribution < 1.29 is 9.53 Å². The van der Waals surface area contributed by atoms with Crippen LogP contribution in [-0.2, 0) is 11.4 Å². The van der Waals surface area contributed by atoms with Crippen molar-refractivity contribution in [2.45, 2.75) is 6.61 Å². The molecule has 0 fully saturated rings. The predicted molar refractivity (Wildman–Crippen MR) is 96.3 cm³/mol. The zero-order valence-corrected chi connectivity index (χ0v) is 15.0. The highest BCUT2D eigenvalue weighted by Crippen LogP contribution is 2.28. The zero-order chi connectivity index (χ0) is 16.8. The number of ether oxygens (including phenoxy) is 1. The Morgan fingerprint density at radius 1 is 1.22 bits per heavy atom. The van der Waals surface area contributed by atoms with Crippen LogP contribution in [0.3, 0.4) is 0 Å². The maximum absolute atomic E-state index is 11.1. The molecule has 1 amide bonds. The van der Waals surface area contributed by atoms with E-state index < -0.39 is 0 Å². The van der Waals surface area contributed by atoms with Crippen molar-refractivity contribution in [2.24, 2.45) is 5.84 Å². The van der Waals surface area contributed by atoms with Crippen LogP contribution >= 0.6 is 39.1 Å².